The molecule has 1 aromatic carbocycles. The molecule has 0 unspecified atom stereocenters. The van der Waals surface area contributed by atoms with Crippen LogP contribution in [0, 0.1) is 6.92 Å². The summed E-state index contributed by atoms with van der Waals surface area (Å²) < 4.78 is 30.8. The normalized spacial score (nSPS) is 13.1. The second kappa shape index (κ2) is 7.65. The second-order valence-electron chi connectivity index (χ2n) is 6.66. The zero-order valence-electron chi connectivity index (χ0n) is 16.3. The average molecular weight is 440 g/mol. The van der Waals surface area contributed by atoms with Crippen LogP contribution in [0.25, 0.3) is 0 Å². The van der Waals surface area contributed by atoms with E-state index in [1.807, 2.05) is 6.92 Å². The van der Waals surface area contributed by atoms with Gasteiger partial charge in [0.1, 0.15) is 22.9 Å². The van der Waals surface area contributed by atoms with E-state index in [-0.39, 0.29) is 27.3 Å². The van der Waals surface area contributed by atoms with Crippen LogP contribution < -0.4 is 21.5 Å². The molecule has 0 bridgehead atoms. The topological polar surface area (TPSA) is 129 Å². The summed E-state index contributed by atoms with van der Waals surface area (Å²) in [5.41, 5.74) is -1.37. The average Bonchev–Trinajstić information content (AvgIpc) is 3.26. The molecular weight excluding hydrogens is 418 g/mol. The van der Waals surface area contributed by atoms with Gasteiger partial charge in [0, 0.05) is 19.5 Å². The number of nitrogens with zero attached hydrogens (tertiary/aromatic N) is 1. The summed E-state index contributed by atoms with van der Waals surface area (Å²) >= 11 is 0.813. The first-order chi connectivity index (χ1) is 13.6. The molecule has 3 N–H and O–H groups in total. The van der Waals surface area contributed by atoms with E-state index in [2.05, 4.69) is 10.6 Å². The first-order valence-corrected chi connectivity index (χ1v) is 11.1. The fourth-order valence-electron chi connectivity index (χ4n) is 2.74. The van der Waals surface area contributed by atoms with Gasteiger partial charge < -0.3 is 20.2 Å². The Morgan fingerprint density at radius 2 is 1.86 bits per heavy atom. The van der Waals surface area contributed by atoms with Crippen molar-refractivity contribution < 1.29 is 17.9 Å². The summed E-state index contributed by atoms with van der Waals surface area (Å²) in [6.07, 6.45) is 0.597. The molecule has 0 aliphatic rings. The van der Waals surface area contributed by atoms with Crippen LogP contribution in [0.4, 0.5) is 17.1 Å². The number of aryl methyl sites for hydroxylation is 1. The Morgan fingerprint density at radius 1 is 1.21 bits per heavy atom. The SMILES string of the molecule is CC[C@@H](Nc1c(Nc2csc(S(=O)(=O)N(C)C)c2O)c(=O)c1=O)c1ccc(C)o1. The van der Waals surface area contributed by atoms with Crippen LogP contribution in [0.2, 0.25) is 0 Å². The summed E-state index contributed by atoms with van der Waals surface area (Å²) in [6, 6.07) is 3.27. The third kappa shape index (κ3) is 3.68. The van der Waals surface area contributed by atoms with Gasteiger partial charge >= 0.3 is 0 Å². The molecule has 0 saturated heterocycles. The molecule has 0 radical (unpaired) electrons. The van der Waals surface area contributed by atoms with Gasteiger partial charge in [0.25, 0.3) is 20.9 Å². The molecule has 0 aliphatic heterocycles. The number of aromatic hydroxyl groups is 1. The lowest BCUT2D eigenvalue weighted by molar-refractivity contribution is 0.452. The predicted octanol–water partition coefficient (Wildman–Crippen LogP) is 2.51. The minimum absolute atomic E-state index is 0.0290. The number of sulfonamides is 1. The molecular formula is C18H21N3O6S2. The van der Waals surface area contributed by atoms with Crippen molar-refractivity contribution in [3.8, 4) is 5.75 Å². The molecule has 156 valence electrons. The first kappa shape index (κ1) is 21.1. The Hall–Kier alpha value is -2.63. The van der Waals surface area contributed by atoms with E-state index < -0.39 is 26.6 Å². The molecule has 2 heterocycles. The van der Waals surface area contributed by atoms with Crippen molar-refractivity contribution in [1.82, 2.24) is 4.31 Å². The Balaban J connectivity index is 1.90. The Bertz CT molecular complexity index is 1220. The number of nitrogens with one attached hydrogen (secondary N) is 2. The van der Waals surface area contributed by atoms with E-state index in [4.69, 9.17) is 4.42 Å². The number of thiophene rings is 1. The van der Waals surface area contributed by atoms with Crippen molar-refractivity contribution in [3.05, 3.63) is 49.5 Å². The van der Waals surface area contributed by atoms with E-state index in [1.165, 1.54) is 19.5 Å². The van der Waals surface area contributed by atoms with Crippen molar-refractivity contribution in [1.29, 1.82) is 0 Å². The van der Waals surface area contributed by atoms with Gasteiger partial charge in [0.05, 0.1) is 11.7 Å². The molecule has 0 fully saturated rings. The molecule has 0 amide bonds. The highest BCUT2D eigenvalue weighted by atomic mass is 32.2. The number of anilines is 3. The van der Waals surface area contributed by atoms with Gasteiger partial charge in [-0.25, -0.2) is 12.7 Å². The van der Waals surface area contributed by atoms with Crippen LogP contribution in [0.15, 0.2) is 35.7 Å². The zero-order chi connectivity index (χ0) is 21.5. The second-order valence-corrected chi connectivity index (χ2v) is 9.89. The molecule has 0 spiro atoms. The fraction of sp³-hybridized carbons (Fsp3) is 0.333. The Labute approximate surface area is 171 Å². The van der Waals surface area contributed by atoms with E-state index in [0.717, 1.165) is 21.4 Å². The molecule has 11 heteroatoms. The minimum Gasteiger partial charge on any atom is -0.504 e. The summed E-state index contributed by atoms with van der Waals surface area (Å²) in [4.78, 5) is 24.2. The first-order valence-electron chi connectivity index (χ1n) is 8.74. The molecule has 29 heavy (non-hydrogen) atoms. The van der Waals surface area contributed by atoms with Crippen molar-refractivity contribution in [2.24, 2.45) is 0 Å². The molecule has 3 aromatic rings. The van der Waals surface area contributed by atoms with E-state index in [1.54, 1.807) is 19.1 Å². The molecule has 9 nitrogen and oxygen atoms in total. The predicted molar refractivity (Wildman–Crippen MR) is 112 cm³/mol. The Morgan fingerprint density at radius 3 is 2.41 bits per heavy atom. The molecule has 0 aliphatic carbocycles. The van der Waals surface area contributed by atoms with Crippen molar-refractivity contribution in [3.63, 3.8) is 0 Å². The van der Waals surface area contributed by atoms with Crippen LogP contribution in [-0.2, 0) is 10.0 Å². The van der Waals surface area contributed by atoms with Crippen molar-refractivity contribution in [2.45, 2.75) is 30.5 Å². The standard InChI is InChI=1S/C18H21N3O6S2/c1-5-10(12-7-6-9(2)27-12)19-13-14(17(24)16(13)23)20-11-8-28-18(15(11)22)29(25,26)21(3)4/h6-8,10,19-20,22H,5H2,1-4H3/t10-/m1/s1. The van der Waals surface area contributed by atoms with E-state index in [0.29, 0.717) is 12.2 Å². The van der Waals surface area contributed by atoms with Crippen LogP contribution >= 0.6 is 11.3 Å². The monoisotopic (exact) mass is 439 g/mol. The highest BCUT2D eigenvalue weighted by Crippen LogP contribution is 2.40. The summed E-state index contributed by atoms with van der Waals surface area (Å²) in [5, 5.41) is 17.4. The van der Waals surface area contributed by atoms with Gasteiger partial charge in [-0.15, -0.1) is 11.3 Å². The molecule has 0 saturated carbocycles. The van der Waals surface area contributed by atoms with E-state index in [9.17, 15) is 23.1 Å². The maximum atomic E-state index is 12.3. The number of hydrogen-bond acceptors (Lipinski definition) is 9. The molecule has 1 atom stereocenters. The molecule has 2 aromatic heterocycles. The van der Waals surface area contributed by atoms with Gasteiger partial charge in [-0.3, -0.25) is 9.59 Å². The van der Waals surface area contributed by atoms with Gasteiger partial charge in [0.15, 0.2) is 9.96 Å². The zero-order valence-corrected chi connectivity index (χ0v) is 17.9. The highest BCUT2D eigenvalue weighted by molar-refractivity contribution is 7.91. The number of furan rings is 1. The summed E-state index contributed by atoms with van der Waals surface area (Å²) in [7, 11) is -1.14. The van der Waals surface area contributed by atoms with Crippen molar-refractivity contribution >= 4 is 38.4 Å². The largest absolute Gasteiger partial charge is 0.504 e. The summed E-state index contributed by atoms with van der Waals surface area (Å²) in [5.74, 6) is 0.847. The maximum Gasteiger partial charge on any atom is 0.255 e. The van der Waals surface area contributed by atoms with Gasteiger partial charge in [-0.1, -0.05) is 6.92 Å². The van der Waals surface area contributed by atoms with Gasteiger partial charge in [-0.2, -0.15) is 0 Å². The lowest BCUT2D eigenvalue weighted by Crippen LogP contribution is -2.37. The molecule has 3 rings (SSSR count). The maximum absolute atomic E-state index is 12.3. The van der Waals surface area contributed by atoms with E-state index >= 15 is 0 Å². The lowest BCUT2D eigenvalue weighted by Gasteiger charge is -2.20. The van der Waals surface area contributed by atoms with Crippen molar-refractivity contribution in [2.75, 3.05) is 24.7 Å². The van der Waals surface area contributed by atoms with Crippen LogP contribution in [-0.4, -0.2) is 31.9 Å². The summed E-state index contributed by atoms with van der Waals surface area (Å²) in [6.45, 7) is 3.70. The number of hydrogen-bond donors (Lipinski definition) is 3. The smallest absolute Gasteiger partial charge is 0.255 e. The Kier molecular flexibility index (Phi) is 5.57. The van der Waals surface area contributed by atoms with Gasteiger partial charge in [-0.05, 0) is 25.5 Å². The lowest BCUT2D eigenvalue weighted by atomic mass is 10.1. The minimum atomic E-state index is -3.84. The number of rotatable bonds is 8. The van der Waals surface area contributed by atoms with Gasteiger partial charge in [0.2, 0.25) is 0 Å². The van der Waals surface area contributed by atoms with Crippen LogP contribution in [0.1, 0.15) is 30.9 Å². The van der Waals surface area contributed by atoms with Crippen LogP contribution in [0.3, 0.4) is 0 Å². The van der Waals surface area contributed by atoms with Crippen LogP contribution in [0.5, 0.6) is 5.75 Å². The fourth-order valence-corrected chi connectivity index (χ4v) is 5.12. The highest BCUT2D eigenvalue weighted by Gasteiger charge is 2.29. The quantitative estimate of drug-likeness (QED) is 0.457. The third-order valence-electron chi connectivity index (χ3n) is 4.45. The third-order valence-corrected chi connectivity index (χ3v) is 7.75.